The molecule has 4 aliphatic heterocycles. The van der Waals surface area contributed by atoms with Crippen molar-refractivity contribution < 1.29 is 28.9 Å². The van der Waals surface area contributed by atoms with Crippen LogP contribution in [-0.4, -0.2) is 104 Å². The number of β-lactam (4-membered cyclic amide) rings is 1. The fourth-order valence-electron chi connectivity index (χ4n) is 5.29. The number of thioether (sulfide) groups is 1. The maximum absolute atomic E-state index is 13.0. The van der Waals surface area contributed by atoms with Crippen LogP contribution in [0.4, 0.5) is 5.13 Å². The molecule has 3 saturated heterocycles. The molecule has 1 aromatic heterocycles. The van der Waals surface area contributed by atoms with E-state index in [4.69, 9.17) is 10.6 Å². The zero-order chi connectivity index (χ0) is 25.4. The minimum Gasteiger partial charge on any atom is -0.543 e. The standard InChI is InChI=1S/C21H26N8O5S2/c1-34-25-13(16-24-21(22)36-26-16)17(30)23-14-18(31)28-15(20(32)33)12(11-35-19(14)28)5-2-8-29-9-3-6-27(29)7-4-10-29/h2,5,14,19H,3-4,6-11H2,1H3,(H3-,22,23,24,26,30,32,33)/b5-2+,25-13-/t14-,19-/m1/s1. The molecule has 0 bridgehead atoms. The Bertz CT molecular complexity index is 1170. The van der Waals surface area contributed by atoms with E-state index in [1.54, 1.807) is 6.08 Å². The number of fused-ring (bicyclic) bond motifs is 2. The highest BCUT2D eigenvalue weighted by Gasteiger charge is 2.53. The molecule has 5 heterocycles. The smallest absolute Gasteiger partial charge is 0.278 e. The van der Waals surface area contributed by atoms with Crippen LogP contribution in [0.1, 0.15) is 18.7 Å². The van der Waals surface area contributed by atoms with E-state index >= 15 is 0 Å². The van der Waals surface area contributed by atoms with E-state index in [1.807, 2.05) is 6.08 Å². The molecule has 0 unspecified atom stereocenters. The van der Waals surface area contributed by atoms with E-state index in [2.05, 4.69) is 24.8 Å². The fraction of sp³-hybridized carbons (Fsp3) is 0.524. The summed E-state index contributed by atoms with van der Waals surface area (Å²) in [6, 6.07) is -0.943. The molecule has 2 amide bonds. The molecule has 13 nitrogen and oxygen atoms in total. The van der Waals surface area contributed by atoms with E-state index in [1.165, 1.54) is 23.8 Å². The number of rotatable bonds is 8. The van der Waals surface area contributed by atoms with Crippen LogP contribution in [0.2, 0.25) is 0 Å². The number of anilines is 1. The maximum Gasteiger partial charge on any atom is 0.278 e. The summed E-state index contributed by atoms with van der Waals surface area (Å²) < 4.78 is 4.88. The average Bonchev–Trinajstić information content (AvgIpc) is 3.56. The van der Waals surface area contributed by atoms with Crippen LogP contribution in [0.5, 0.6) is 0 Å². The zero-order valence-electron chi connectivity index (χ0n) is 19.6. The molecule has 0 radical (unpaired) electrons. The van der Waals surface area contributed by atoms with Gasteiger partial charge in [0.1, 0.15) is 25.1 Å². The van der Waals surface area contributed by atoms with Crippen molar-refractivity contribution in [1.82, 2.24) is 24.6 Å². The molecule has 0 aliphatic carbocycles. The molecular weight excluding hydrogens is 508 g/mol. The lowest BCUT2D eigenvalue weighted by Crippen LogP contribution is -2.71. The quantitative estimate of drug-likeness (QED) is 0.169. The van der Waals surface area contributed by atoms with E-state index < -0.39 is 29.2 Å². The predicted octanol–water partition coefficient (Wildman–Crippen LogP) is -1.73. The van der Waals surface area contributed by atoms with Crippen LogP contribution in [0.3, 0.4) is 0 Å². The third-order valence-corrected chi connectivity index (χ3v) is 8.72. The summed E-state index contributed by atoms with van der Waals surface area (Å²) in [5.41, 5.74) is 5.74. The van der Waals surface area contributed by atoms with Crippen molar-refractivity contribution in [2.75, 3.05) is 51.3 Å². The van der Waals surface area contributed by atoms with E-state index in [9.17, 15) is 19.5 Å². The summed E-state index contributed by atoms with van der Waals surface area (Å²) in [6.07, 6.45) is 6.14. The van der Waals surface area contributed by atoms with E-state index in [0.29, 0.717) is 11.3 Å². The van der Waals surface area contributed by atoms with Crippen LogP contribution < -0.4 is 16.2 Å². The zero-order valence-corrected chi connectivity index (χ0v) is 21.2. The molecule has 192 valence electrons. The summed E-state index contributed by atoms with van der Waals surface area (Å²) in [5, 5.41) is 20.3. The second-order valence-electron chi connectivity index (χ2n) is 8.89. The third-order valence-electron chi connectivity index (χ3n) is 6.87. The first-order valence-electron chi connectivity index (χ1n) is 11.5. The normalized spacial score (nSPS) is 25.6. The van der Waals surface area contributed by atoms with E-state index in [-0.39, 0.29) is 22.4 Å². The van der Waals surface area contributed by atoms with Gasteiger partial charge in [-0.3, -0.25) is 14.5 Å². The van der Waals surface area contributed by atoms with Gasteiger partial charge in [0, 0.05) is 30.1 Å². The number of amides is 2. The number of nitrogens with zero attached hydrogens (tertiary/aromatic N) is 6. The molecule has 36 heavy (non-hydrogen) atoms. The monoisotopic (exact) mass is 534 g/mol. The first-order chi connectivity index (χ1) is 17.3. The molecule has 0 spiro atoms. The third kappa shape index (κ3) is 4.25. The Hall–Kier alpha value is -3.01. The number of hydrogen-bond donors (Lipinski definition) is 2. The number of carboxylic acids is 1. The lowest BCUT2D eigenvalue weighted by Gasteiger charge is -2.50. The van der Waals surface area contributed by atoms with Gasteiger partial charge in [-0.1, -0.05) is 11.2 Å². The van der Waals surface area contributed by atoms with Gasteiger partial charge in [0.15, 0.2) is 5.13 Å². The number of allylic oxidation sites excluding steroid dienone is 1. The van der Waals surface area contributed by atoms with Crippen LogP contribution >= 0.6 is 23.3 Å². The van der Waals surface area contributed by atoms with Gasteiger partial charge in [-0.2, -0.15) is 14.4 Å². The molecule has 3 N–H and O–H groups in total. The molecule has 0 saturated carbocycles. The number of nitrogens with one attached hydrogen (secondary N) is 1. The van der Waals surface area contributed by atoms with Crippen molar-refractivity contribution in [2.24, 2.45) is 5.16 Å². The van der Waals surface area contributed by atoms with Gasteiger partial charge in [0.25, 0.3) is 11.8 Å². The number of nitrogens with two attached hydrogens (primary N) is 1. The number of nitrogen functional groups attached to an aromatic ring is 1. The number of aromatic nitrogens is 2. The maximum atomic E-state index is 13.0. The molecule has 2 atom stereocenters. The number of carbonyl (C=O) groups excluding carboxylic acids is 3. The Morgan fingerprint density at radius 1 is 1.36 bits per heavy atom. The molecule has 1 aromatic rings. The molecule has 0 aromatic carbocycles. The number of hydrogen-bond acceptors (Lipinski definition) is 12. The van der Waals surface area contributed by atoms with Crippen molar-refractivity contribution in [3.8, 4) is 0 Å². The van der Waals surface area contributed by atoms with Crippen molar-refractivity contribution in [1.29, 1.82) is 0 Å². The average molecular weight is 535 g/mol. The highest BCUT2D eigenvalue weighted by Crippen LogP contribution is 2.40. The lowest BCUT2D eigenvalue weighted by atomic mass is 10.0. The Morgan fingerprint density at radius 3 is 2.75 bits per heavy atom. The summed E-state index contributed by atoms with van der Waals surface area (Å²) >= 11 is 2.26. The number of quaternary nitrogens is 1. The number of oxime groups is 1. The Morgan fingerprint density at radius 2 is 2.11 bits per heavy atom. The molecule has 3 fully saturated rings. The van der Waals surface area contributed by atoms with Crippen molar-refractivity contribution in [3.05, 3.63) is 29.2 Å². The minimum absolute atomic E-state index is 0.0273. The van der Waals surface area contributed by atoms with Gasteiger partial charge in [0.05, 0.1) is 37.8 Å². The Labute approximate surface area is 215 Å². The highest BCUT2D eigenvalue weighted by molar-refractivity contribution is 8.00. The van der Waals surface area contributed by atoms with E-state index in [0.717, 1.165) is 61.7 Å². The second kappa shape index (κ2) is 9.80. The number of carboxylic acid groups (broad SMARTS) is 1. The topological polar surface area (TPSA) is 166 Å². The van der Waals surface area contributed by atoms with Crippen molar-refractivity contribution in [2.45, 2.75) is 24.3 Å². The number of carbonyl (C=O) groups is 3. The van der Waals surface area contributed by atoms with Crippen LogP contribution in [0.15, 0.2) is 28.6 Å². The van der Waals surface area contributed by atoms with Crippen molar-refractivity contribution in [3.63, 3.8) is 0 Å². The fourth-order valence-corrected chi connectivity index (χ4v) is 7.04. The lowest BCUT2D eigenvalue weighted by molar-refractivity contribution is -1.00. The largest absolute Gasteiger partial charge is 0.543 e. The summed E-state index contributed by atoms with van der Waals surface area (Å²) in [7, 11) is 1.26. The van der Waals surface area contributed by atoms with Gasteiger partial charge in [0.2, 0.25) is 11.5 Å². The predicted molar refractivity (Wildman–Crippen MR) is 130 cm³/mol. The summed E-state index contributed by atoms with van der Waals surface area (Å²) in [6.45, 7) is 5.17. The molecule has 15 heteroatoms. The summed E-state index contributed by atoms with van der Waals surface area (Å²) in [4.78, 5) is 47.7. The molecule has 5 rings (SSSR count). The summed E-state index contributed by atoms with van der Waals surface area (Å²) in [5.74, 6) is -2.35. The van der Waals surface area contributed by atoms with Gasteiger partial charge < -0.3 is 25.8 Å². The van der Waals surface area contributed by atoms with Crippen LogP contribution in [-0.2, 0) is 19.2 Å². The molecular formula is C21H26N8O5S2. The second-order valence-corrected chi connectivity index (χ2v) is 10.8. The highest BCUT2D eigenvalue weighted by atomic mass is 32.2. The van der Waals surface area contributed by atoms with Crippen LogP contribution in [0, 0.1) is 0 Å². The van der Waals surface area contributed by atoms with Gasteiger partial charge in [-0.25, -0.2) is 4.59 Å². The SMILES string of the molecule is CO/N=C(\C(=O)N[C@@H]1C(=O)N2C(C(=O)[O-])=C(/C=C/C[N+]34CCCN3CCC4)CS[C@H]12)c1nsc(N)n1. The molecule has 4 aliphatic rings. The van der Waals surface area contributed by atoms with Gasteiger partial charge in [-0.05, 0) is 11.6 Å². The van der Waals surface area contributed by atoms with Crippen molar-refractivity contribution >= 4 is 51.9 Å². The first-order valence-corrected chi connectivity index (χ1v) is 13.4. The Balaban J connectivity index is 1.30. The minimum atomic E-state index is -1.42. The Kier molecular flexibility index (Phi) is 6.72. The number of aliphatic carboxylic acids is 1. The first kappa shape index (κ1) is 24.7. The van der Waals surface area contributed by atoms with Crippen LogP contribution in [0.25, 0.3) is 0 Å². The van der Waals surface area contributed by atoms with Gasteiger partial charge in [-0.15, -0.1) is 11.8 Å². The van der Waals surface area contributed by atoms with Gasteiger partial charge >= 0.3 is 0 Å².